The molecule has 2 aromatic rings. The van der Waals surface area contributed by atoms with Gasteiger partial charge in [-0.3, -0.25) is 9.78 Å². The third-order valence-electron chi connectivity index (χ3n) is 6.40. The number of aromatic nitrogens is 1. The Morgan fingerprint density at radius 3 is 2.65 bits per heavy atom. The molecule has 1 amide bonds. The number of ether oxygens (including phenoxy) is 2. The molecule has 1 aromatic heterocycles. The molecule has 2 saturated heterocycles. The number of hydrogen-bond donors (Lipinski definition) is 0. The highest BCUT2D eigenvalue weighted by Crippen LogP contribution is 2.20. The zero-order chi connectivity index (χ0) is 21.5. The van der Waals surface area contributed by atoms with Crippen molar-refractivity contribution in [2.24, 2.45) is 0 Å². The Morgan fingerprint density at radius 2 is 1.97 bits per heavy atom. The lowest BCUT2D eigenvalue weighted by Crippen LogP contribution is -2.46. The summed E-state index contributed by atoms with van der Waals surface area (Å²) in [5.41, 5.74) is 1.85. The van der Waals surface area contributed by atoms with Crippen LogP contribution in [-0.2, 0) is 11.2 Å². The summed E-state index contributed by atoms with van der Waals surface area (Å²) in [6.45, 7) is 4.47. The highest BCUT2D eigenvalue weighted by molar-refractivity contribution is 5.94. The molecular weight excluding hydrogens is 390 g/mol. The van der Waals surface area contributed by atoms with E-state index >= 15 is 0 Å². The van der Waals surface area contributed by atoms with Crippen molar-refractivity contribution in [2.75, 3.05) is 39.9 Å². The number of likely N-dealkylation sites (tertiary alicyclic amines) is 1. The van der Waals surface area contributed by atoms with E-state index < -0.39 is 0 Å². The number of piperidine rings is 1. The predicted octanol–water partition coefficient (Wildman–Crippen LogP) is 3.42. The molecule has 0 bridgehead atoms. The first kappa shape index (κ1) is 21.8. The van der Waals surface area contributed by atoms with Crippen molar-refractivity contribution in [3.63, 3.8) is 0 Å². The van der Waals surface area contributed by atoms with Crippen LogP contribution in [0.5, 0.6) is 5.75 Å². The van der Waals surface area contributed by atoms with E-state index in [1.807, 2.05) is 54.5 Å². The van der Waals surface area contributed by atoms with E-state index in [-0.39, 0.29) is 18.1 Å². The van der Waals surface area contributed by atoms with Crippen LogP contribution in [0.3, 0.4) is 0 Å². The number of benzene rings is 1. The SMILES string of the molecule is CN(C(=O)c1ccc(OCC2CCCO2)cc1)C1CCN(CCc2ccccn2)CC1. The molecule has 166 valence electrons. The molecule has 31 heavy (non-hydrogen) atoms. The summed E-state index contributed by atoms with van der Waals surface area (Å²) in [6, 6.07) is 13.9. The van der Waals surface area contributed by atoms with Gasteiger partial charge in [-0.2, -0.15) is 0 Å². The molecule has 0 spiro atoms. The second kappa shape index (κ2) is 10.7. The Bertz CT molecular complexity index is 814. The summed E-state index contributed by atoms with van der Waals surface area (Å²) in [7, 11) is 1.93. The van der Waals surface area contributed by atoms with Crippen LogP contribution in [0.2, 0.25) is 0 Å². The fourth-order valence-electron chi connectivity index (χ4n) is 4.38. The van der Waals surface area contributed by atoms with E-state index in [0.29, 0.717) is 12.2 Å². The van der Waals surface area contributed by atoms with E-state index in [2.05, 4.69) is 16.0 Å². The molecule has 1 unspecified atom stereocenters. The molecule has 1 aromatic carbocycles. The average Bonchev–Trinajstić information content (AvgIpc) is 3.36. The number of amides is 1. The van der Waals surface area contributed by atoms with Crippen LogP contribution in [0.15, 0.2) is 48.7 Å². The standard InChI is InChI=1S/C25H33N3O3/c1-27(22-12-16-28(17-13-22)15-11-21-5-2-3-14-26-21)25(29)20-7-9-23(10-8-20)31-19-24-6-4-18-30-24/h2-3,5,7-10,14,22,24H,4,6,11-13,15-19H2,1H3. The first-order valence-corrected chi connectivity index (χ1v) is 11.4. The van der Waals surface area contributed by atoms with Crippen molar-refractivity contribution in [3.8, 4) is 5.75 Å². The molecule has 2 fully saturated rings. The van der Waals surface area contributed by atoms with Crippen LogP contribution < -0.4 is 4.74 Å². The van der Waals surface area contributed by atoms with E-state index in [0.717, 1.165) is 69.8 Å². The maximum absolute atomic E-state index is 13.0. The van der Waals surface area contributed by atoms with Crippen molar-refractivity contribution in [1.82, 2.24) is 14.8 Å². The average molecular weight is 424 g/mol. The van der Waals surface area contributed by atoms with Gasteiger partial charge in [0.2, 0.25) is 0 Å². The number of carbonyl (C=O) groups excluding carboxylic acids is 1. The minimum Gasteiger partial charge on any atom is -0.491 e. The highest BCUT2D eigenvalue weighted by atomic mass is 16.5. The third kappa shape index (κ3) is 6.05. The summed E-state index contributed by atoms with van der Waals surface area (Å²) in [5.74, 6) is 0.869. The van der Waals surface area contributed by atoms with Crippen molar-refractivity contribution in [3.05, 3.63) is 59.9 Å². The fraction of sp³-hybridized carbons (Fsp3) is 0.520. The normalized spacial score (nSPS) is 20.0. The van der Waals surface area contributed by atoms with Crippen molar-refractivity contribution < 1.29 is 14.3 Å². The summed E-state index contributed by atoms with van der Waals surface area (Å²) in [6.07, 6.45) is 7.20. The third-order valence-corrected chi connectivity index (χ3v) is 6.40. The highest BCUT2D eigenvalue weighted by Gasteiger charge is 2.26. The van der Waals surface area contributed by atoms with Crippen LogP contribution in [0.1, 0.15) is 41.7 Å². The van der Waals surface area contributed by atoms with E-state index in [4.69, 9.17) is 9.47 Å². The van der Waals surface area contributed by atoms with Crippen LogP contribution in [-0.4, -0.2) is 72.7 Å². The van der Waals surface area contributed by atoms with E-state index in [1.165, 1.54) is 0 Å². The molecule has 0 radical (unpaired) electrons. The fourth-order valence-corrected chi connectivity index (χ4v) is 4.38. The van der Waals surface area contributed by atoms with Gasteiger partial charge in [-0.15, -0.1) is 0 Å². The second-order valence-corrected chi connectivity index (χ2v) is 8.53. The Labute approximate surface area is 185 Å². The van der Waals surface area contributed by atoms with Crippen LogP contribution in [0.25, 0.3) is 0 Å². The largest absolute Gasteiger partial charge is 0.491 e. The summed E-state index contributed by atoms with van der Waals surface area (Å²) in [5, 5.41) is 0. The van der Waals surface area contributed by atoms with Gasteiger partial charge in [0, 0.05) is 63.2 Å². The number of rotatable bonds is 8. The Balaban J connectivity index is 1.21. The smallest absolute Gasteiger partial charge is 0.253 e. The first-order valence-electron chi connectivity index (χ1n) is 11.4. The zero-order valence-corrected chi connectivity index (χ0v) is 18.4. The van der Waals surface area contributed by atoms with Crippen molar-refractivity contribution in [1.29, 1.82) is 0 Å². The molecule has 2 aliphatic heterocycles. The molecule has 0 aliphatic carbocycles. The Kier molecular flexibility index (Phi) is 7.54. The quantitative estimate of drug-likeness (QED) is 0.651. The van der Waals surface area contributed by atoms with Gasteiger partial charge in [-0.05, 0) is 62.1 Å². The first-order chi connectivity index (χ1) is 15.2. The van der Waals surface area contributed by atoms with Crippen LogP contribution in [0.4, 0.5) is 0 Å². The molecule has 4 rings (SSSR count). The Morgan fingerprint density at radius 1 is 1.16 bits per heavy atom. The minimum atomic E-state index is 0.0811. The maximum atomic E-state index is 13.0. The monoisotopic (exact) mass is 423 g/mol. The predicted molar refractivity (Wildman–Crippen MR) is 120 cm³/mol. The van der Waals surface area contributed by atoms with Gasteiger partial charge in [0.25, 0.3) is 5.91 Å². The van der Waals surface area contributed by atoms with Crippen molar-refractivity contribution >= 4 is 5.91 Å². The number of hydrogen-bond acceptors (Lipinski definition) is 5. The molecule has 6 heteroatoms. The molecule has 6 nitrogen and oxygen atoms in total. The van der Waals surface area contributed by atoms with Crippen molar-refractivity contribution in [2.45, 2.75) is 44.2 Å². The van der Waals surface area contributed by atoms with Gasteiger partial charge in [0.1, 0.15) is 12.4 Å². The van der Waals surface area contributed by atoms with Crippen LogP contribution in [0, 0.1) is 0 Å². The van der Waals surface area contributed by atoms with Gasteiger partial charge in [-0.1, -0.05) is 6.07 Å². The molecule has 3 heterocycles. The number of nitrogens with zero attached hydrogens (tertiary/aromatic N) is 3. The zero-order valence-electron chi connectivity index (χ0n) is 18.4. The van der Waals surface area contributed by atoms with E-state index in [9.17, 15) is 4.79 Å². The van der Waals surface area contributed by atoms with Gasteiger partial charge in [0.15, 0.2) is 0 Å². The Hall–Kier alpha value is -2.44. The van der Waals surface area contributed by atoms with E-state index in [1.54, 1.807) is 0 Å². The maximum Gasteiger partial charge on any atom is 0.253 e. The minimum absolute atomic E-state index is 0.0811. The molecular formula is C25H33N3O3. The lowest BCUT2D eigenvalue weighted by Gasteiger charge is -2.36. The second-order valence-electron chi connectivity index (χ2n) is 8.53. The molecule has 0 N–H and O–H groups in total. The molecule has 0 saturated carbocycles. The van der Waals surface area contributed by atoms with Gasteiger partial charge in [0.05, 0.1) is 6.10 Å². The summed E-state index contributed by atoms with van der Waals surface area (Å²) in [4.78, 5) is 21.8. The van der Waals surface area contributed by atoms with Gasteiger partial charge < -0.3 is 19.3 Å². The summed E-state index contributed by atoms with van der Waals surface area (Å²) >= 11 is 0. The lowest BCUT2D eigenvalue weighted by atomic mass is 10.0. The molecule has 2 aliphatic rings. The lowest BCUT2D eigenvalue weighted by molar-refractivity contribution is 0.0641. The van der Waals surface area contributed by atoms with Crippen LogP contribution >= 0.6 is 0 Å². The number of pyridine rings is 1. The topological polar surface area (TPSA) is 54.9 Å². The van der Waals surface area contributed by atoms with Gasteiger partial charge in [-0.25, -0.2) is 0 Å². The molecule has 1 atom stereocenters. The van der Waals surface area contributed by atoms with Gasteiger partial charge >= 0.3 is 0 Å². The summed E-state index contributed by atoms with van der Waals surface area (Å²) < 4.78 is 11.4. The number of carbonyl (C=O) groups is 1.